The zero-order valence-electron chi connectivity index (χ0n) is 19.2. The third-order valence-electron chi connectivity index (χ3n) is 6.14. The van der Waals surface area contributed by atoms with Gasteiger partial charge in [0.1, 0.15) is 12.4 Å². The molecular formula is C24H21F3N4O5S. The van der Waals surface area contributed by atoms with E-state index >= 15 is 0 Å². The van der Waals surface area contributed by atoms with Crippen molar-refractivity contribution in [2.24, 2.45) is 0 Å². The summed E-state index contributed by atoms with van der Waals surface area (Å²) in [6, 6.07) is 9.20. The van der Waals surface area contributed by atoms with E-state index in [1.165, 1.54) is 35.5 Å². The van der Waals surface area contributed by atoms with Crippen LogP contribution in [0.3, 0.4) is 0 Å². The van der Waals surface area contributed by atoms with Gasteiger partial charge in [-0.3, -0.25) is 4.79 Å². The second kappa shape index (κ2) is 9.63. The maximum atomic E-state index is 13.5. The van der Waals surface area contributed by atoms with Crippen LogP contribution in [0.1, 0.15) is 29.0 Å². The summed E-state index contributed by atoms with van der Waals surface area (Å²) in [6.45, 7) is 0.298. The molecule has 0 radical (unpaired) electrons. The SMILES string of the molecule is O=C1COCCN1c1cc(C(F)(F)F)ccc1[C@@H]1CCOc2cc(S(=O)(=O)Nc3ncccn3)ccc21. The van der Waals surface area contributed by atoms with E-state index in [1.54, 1.807) is 12.1 Å². The van der Waals surface area contributed by atoms with Crippen LogP contribution in [0.25, 0.3) is 0 Å². The molecule has 1 saturated heterocycles. The Morgan fingerprint density at radius 1 is 1.03 bits per heavy atom. The Hall–Kier alpha value is -3.71. The van der Waals surface area contributed by atoms with Gasteiger partial charge >= 0.3 is 6.18 Å². The zero-order chi connectivity index (χ0) is 26.2. The molecule has 1 aromatic heterocycles. The number of halogens is 3. The van der Waals surface area contributed by atoms with Crippen molar-refractivity contribution in [3.63, 3.8) is 0 Å². The van der Waals surface area contributed by atoms with E-state index in [2.05, 4.69) is 14.7 Å². The lowest BCUT2D eigenvalue weighted by atomic mass is 9.85. The van der Waals surface area contributed by atoms with Crippen molar-refractivity contribution in [3.05, 3.63) is 71.5 Å². The van der Waals surface area contributed by atoms with Gasteiger partial charge in [-0.1, -0.05) is 12.1 Å². The Kier molecular flexibility index (Phi) is 6.50. The summed E-state index contributed by atoms with van der Waals surface area (Å²) in [5, 5.41) is 0. The van der Waals surface area contributed by atoms with Crippen molar-refractivity contribution < 1.29 is 35.9 Å². The summed E-state index contributed by atoms with van der Waals surface area (Å²) < 4.78 is 79.5. The number of amides is 1. The van der Waals surface area contributed by atoms with Crippen LogP contribution in [0.5, 0.6) is 5.75 Å². The van der Waals surface area contributed by atoms with Crippen molar-refractivity contribution in [2.75, 3.05) is 36.0 Å². The topological polar surface area (TPSA) is 111 Å². The number of rotatable bonds is 5. The molecule has 194 valence electrons. The van der Waals surface area contributed by atoms with Crippen LogP contribution in [0, 0.1) is 0 Å². The zero-order valence-corrected chi connectivity index (χ0v) is 20.1. The number of nitrogens with one attached hydrogen (secondary N) is 1. The van der Waals surface area contributed by atoms with Gasteiger partial charge in [-0.2, -0.15) is 13.2 Å². The van der Waals surface area contributed by atoms with E-state index in [9.17, 15) is 26.4 Å². The first-order chi connectivity index (χ1) is 17.6. The molecule has 1 atom stereocenters. The van der Waals surface area contributed by atoms with Crippen LogP contribution >= 0.6 is 0 Å². The summed E-state index contributed by atoms with van der Waals surface area (Å²) >= 11 is 0. The molecule has 2 aliphatic rings. The average Bonchev–Trinajstić information content (AvgIpc) is 2.88. The number of fused-ring (bicyclic) bond motifs is 1. The van der Waals surface area contributed by atoms with Gasteiger partial charge in [0.2, 0.25) is 5.95 Å². The van der Waals surface area contributed by atoms with Crippen LogP contribution < -0.4 is 14.4 Å². The third kappa shape index (κ3) is 5.09. The Labute approximate surface area is 210 Å². The van der Waals surface area contributed by atoms with Gasteiger partial charge in [0.05, 0.1) is 23.7 Å². The number of carbonyl (C=O) groups is 1. The number of aromatic nitrogens is 2. The highest BCUT2D eigenvalue weighted by Crippen LogP contribution is 2.44. The Bertz CT molecular complexity index is 1430. The fraction of sp³-hybridized carbons (Fsp3) is 0.292. The lowest BCUT2D eigenvalue weighted by molar-refractivity contribution is -0.137. The minimum Gasteiger partial charge on any atom is -0.493 e. The molecule has 1 fully saturated rings. The molecule has 2 aliphatic heterocycles. The molecule has 5 rings (SSSR count). The Morgan fingerprint density at radius 2 is 1.78 bits per heavy atom. The van der Waals surface area contributed by atoms with Gasteiger partial charge in [0.25, 0.3) is 15.9 Å². The molecule has 0 aliphatic carbocycles. The second-order valence-corrected chi connectivity index (χ2v) is 10.1. The van der Waals surface area contributed by atoms with E-state index in [0.717, 1.165) is 12.1 Å². The number of nitrogens with zero attached hydrogens (tertiary/aromatic N) is 3. The number of anilines is 2. The fourth-order valence-corrected chi connectivity index (χ4v) is 5.39. The largest absolute Gasteiger partial charge is 0.493 e. The summed E-state index contributed by atoms with van der Waals surface area (Å²) in [7, 11) is -4.03. The first-order valence-electron chi connectivity index (χ1n) is 11.3. The highest BCUT2D eigenvalue weighted by molar-refractivity contribution is 7.92. The lowest BCUT2D eigenvalue weighted by Gasteiger charge is -2.33. The number of alkyl halides is 3. The van der Waals surface area contributed by atoms with Crippen molar-refractivity contribution >= 4 is 27.6 Å². The molecular weight excluding hydrogens is 513 g/mol. The fourth-order valence-electron chi connectivity index (χ4n) is 4.41. The summed E-state index contributed by atoms with van der Waals surface area (Å²) in [5.41, 5.74) is 0.399. The molecule has 1 N–H and O–H groups in total. The third-order valence-corrected chi connectivity index (χ3v) is 7.46. The molecule has 0 unspecified atom stereocenters. The smallest absolute Gasteiger partial charge is 0.416 e. The quantitative estimate of drug-likeness (QED) is 0.533. The number of benzene rings is 2. The van der Waals surface area contributed by atoms with E-state index in [4.69, 9.17) is 9.47 Å². The first kappa shape index (κ1) is 25.0. The van der Waals surface area contributed by atoms with Crippen LogP contribution in [0.15, 0.2) is 59.8 Å². The standard InChI is InChI=1S/C24H21F3N4O5S/c25-24(26,27)15-2-4-18(20(12-15)31-9-11-35-14-22(31)32)17-6-10-36-21-13-16(3-5-19(17)21)37(33,34)30-23-28-7-1-8-29-23/h1-5,7-8,12-13,17H,6,9-11,14H2,(H,28,29,30)/t17-/m0/s1. The molecule has 0 saturated carbocycles. The molecule has 1 amide bonds. The Balaban J connectivity index is 1.54. The molecule has 0 bridgehead atoms. The van der Waals surface area contributed by atoms with Crippen molar-refractivity contribution in [1.82, 2.24) is 9.97 Å². The van der Waals surface area contributed by atoms with Crippen LogP contribution in [0.4, 0.5) is 24.8 Å². The van der Waals surface area contributed by atoms with Crippen LogP contribution in [-0.2, 0) is 25.7 Å². The molecule has 2 aromatic carbocycles. The molecule has 0 spiro atoms. The van der Waals surface area contributed by atoms with E-state index in [1.807, 2.05) is 0 Å². The Morgan fingerprint density at radius 3 is 2.51 bits per heavy atom. The molecule has 13 heteroatoms. The van der Waals surface area contributed by atoms with Gasteiger partial charge in [-0.15, -0.1) is 0 Å². The van der Waals surface area contributed by atoms with Crippen molar-refractivity contribution in [1.29, 1.82) is 0 Å². The first-order valence-corrected chi connectivity index (χ1v) is 12.8. The van der Waals surface area contributed by atoms with Gasteiger partial charge in [-0.05, 0) is 36.2 Å². The molecule has 37 heavy (non-hydrogen) atoms. The summed E-state index contributed by atoms with van der Waals surface area (Å²) in [4.78, 5) is 21.5. The number of sulfonamides is 1. The predicted molar refractivity (Wildman–Crippen MR) is 126 cm³/mol. The van der Waals surface area contributed by atoms with E-state index in [-0.39, 0.29) is 48.6 Å². The van der Waals surface area contributed by atoms with Crippen molar-refractivity contribution in [2.45, 2.75) is 23.4 Å². The highest BCUT2D eigenvalue weighted by atomic mass is 32.2. The average molecular weight is 535 g/mol. The second-order valence-electron chi connectivity index (χ2n) is 8.44. The predicted octanol–water partition coefficient (Wildman–Crippen LogP) is 3.57. The maximum absolute atomic E-state index is 13.5. The normalized spacial score (nSPS) is 18.2. The van der Waals surface area contributed by atoms with E-state index in [0.29, 0.717) is 17.5 Å². The highest BCUT2D eigenvalue weighted by Gasteiger charge is 2.35. The molecule has 9 nitrogen and oxygen atoms in total. The maximum Gasteiger partial charge on any atom is 0.416 e. The number of hydrogen-bond donors (Lipinski definition) is 1. The van der Waals surface area contributed by atoms with Gasteiger partial charge in [0.15, 0.2) is 0 Å². The number of ether oxygens (including phenoxy) is 2. The minimum atomic E-state index is -4.59. The molecule has 3 aromatic rings. The lowest BCUT2D eigenvalue weighted by Crippen LogP contribution is -2.42. The van der Waals surface area contributed by atoms with Gasteiger partial charge < -0.3 is 14.4 Å². The monoisotopic (exact) mass is 534 g/mol. The van der Waals surface area contributed by atoms with Gasteiger partial charge in [-0.25, -0.2) is 23.1 Å². The van der Waals surface area contributed by atoms with Crippen LogP contribution in [0.2, 0.25) is 0 Å². The summed E-state index contributed by atoms with van der Waals surface area (Å²) in [6.07, 6.45) is -1.38. The minimum absolute atomic E-state index is 0.0876. The van der Waals surface area contributed by atoms with E-state index < -0.39 is 33.6 Å². The number of hydrogen-bond acceptors (Lipinski definition) is 7. The summed E-state index contributed by atoms with van der Waals surface area (Å²) in [5.74, 6) is -0.676. The number of morpholine rings is 1. The van der Waals surface area contributed by atoms with Crippen molar-refractivity contribution in [3.8, 4) is 5.75 Å². The number of carbonyl (C=O) groups excluding carboxylic acids is 1. The van der Waals surface area contributed by atoms with Gasteiger partial charge in [0, 0.05) is 42.2 Å². The molecule has 3 heterocycles. The van der Waals surface area contributed by atoms with Crippen LogP contribution in [-0.4, -0.2) is 50.7 Å².